The lowest BCUT2D eigenvalue weighted by Gasteiger charge is -1.89. The van der Waals surface area contributed by atoms with Crippen LogP contribution in [0.2, 0.25) is 0 Å². The number of thiol groups is 1. The summed E-state index contributed by atoms with van der Waals surface area (Å²) in [4.78, 5) is 10.2. The fraction of sp³-hybridized carbons (Fsp3) is 0.571. The molecule has 2 nitrogen and oxygen atoms in total. The van der Waals surface area contributed by atoms with Crippen molar-refractivity contribution in [1.29, 1.82) is 0 Å². The van der Waals surface area contributed by atoms with E-state index < -0.39 is 0 Å². The summed E-state index contributed by atoms with van der Waals surface area (Å²) in [5.41, 5.74) is 5.26. The normalized spacial score (nSPS) is 10.6. The largest absolute Gasteiger partial charge is 0.330 e. The third-order valence-electron chi connectivity index (χ3n) is 1.09. The molecule has 0 aromatic carbocycles. The Hall–Kier alpha value is -0.280. The Kier molecular flexibility index (Phi) is 6.64. The molecule has 0 saturated carbocycles. The Bertz CT molecular complexity index is 123. The molecule has 0 aliphatic carbocycles. The summed E-state index contributed by atoms with van der Waals surface area (Å²) in [7, 11) is 0. The summed E-state index contributed by atoms with van der Waals surface area (Å²) in [5.74, 6) is 0. The predicted molar refractivity (Wildman–Crippen MR) is 46.0 cm³/mol. The second kappa shape index (κ2) is 6.83. The van der Waals surface area contributed by atoms with E-state index in [-0.39, 0.29) is 5.12 Å². The molecular formula is C7H13NOS. The summed E-state index contributed by atoms with van der Waals surface area (Å²) in [6.07, 6.45) is 6.29. The van der Waals surface area contributed by atoms with Crippen LogP contribution in [-0.2, 0) is 4.79 Å². The van der Waals surface area contributed by atoms with Crippen LogP contribution in [0.4, 0.5) is 0 Å². The lowest BCUT2D eigenvalue weighted by Crippen LogP contribution is -1.96. The van der Waals surface area contributed by atoms with E-state index in [4.69, 9.17) is 5.73 Å². The van der Waals surface area contributed by atoms with Gasteiger partial charge in [-0.15, -0.1) is 12.6 Å². The van der Waals surface area contributed by atoms with Crippen LogP contribution in [0.1, 0.15) is 19.3 Å². The molecule has 0 aromatic rings. The van der Waals surface area contributed by atoms with E-state index in [0.29, 0.717) is 0 Å². The van der Waals surface area contributed by atoms with Gasteiger partial charge in [-0.25, -0.2) is 0 Å². The van der Waals surface area contributed by atoms with Gasteiger partial charge in [0.1, 0.15) is 0 Å². The fourth-order valence-electron chi connectivity index (χ4n) is 0.591. The predicted octanol–water partition coefficient (Wildman–Crippen LogP) is 1.13. The summed E-state index contributed by atoms with van der Waals surface area (Å²) >= 11 is 3.57. The monoisotopic (exact) mass is 159 g/mol. The molecule has 0 unspecified atom stereocenters. The third kappa shape index (κ3) is 7.72. The number of unbranched alkanes of at least 4 members (excludes halogenated alkanes) is 2. The van der Waals surface area contributed by atoms with E-state index >= 15 is 0 Å². The Morgan fingerprint density at radius 1 is 1.50 bits per heavy atom. The van der Waals surface area contributed by atoms with Gasteiger partial charge in [0.2, 0.25) is 5.12 Å². The van der Waals surface area contributed by atoms with Crippen LogP contribution in [-0.4, -0.2) is 11.7 Å². The molecule has 0 fully saturated rings. The molecule has 2 N–H and O–H groups in total. The lowest BCUT2D eigenvalue weighted by molar-refractivity contribution is -0.106. The molecule has 10 heavy (non-hydrogen) atoms. The molecule has 0 aliphatic rings. The van der Waals surface area contributed by atoms with Crippen LogP contribution in [0.15, 0.2) is 12.2 Å². The van der Waals surface area contributed by atoms with Crippen LogP contribution < -0.4 is 5.73 Å². The molecule has 0 spiro atoms. The van der Waals surface area contributed by atoms with Crippen molar-refractivity contribution >= 4 is 17.7 Å². The Morgan fingerprint density at radius 3 is 2.70 bits per heavy atom. The first-order valence-corrected chi connectivity index (χ1v) is 3.81. The van der Waals surface area contributed by atoms with Crippen molar-refractivity contribution < 1.29 is 4.79 Å². The quantitative estimate of drug-likeness (QED) is 0.359. The van der Waals surface area contributed by atoms with Crippen molar-refractivity contribution in [1.82, 2.24) is 0 Å². The molecule has 0 heterocycles. The van der Waals surface area contributed by atoms with Crippen LogP contribution in [0.25, 0.3) is 0 Å². The summed E-state index contributed by atoms with van der Waals surface area (Å²) in [6, 6.07) is 0. The van der Waals surface area contributed by atoms with Crippen molar-refractivity contribution in [2.75, 3.05) is 6.54 Å². The minimum absolute atomic E-state index is 0.187. The molecule has 0 rings (SSSR count). The molecule has 58 valence electrons. The Morgan fingerprint density at radius 2 is 2.20 bits per heavy atom. The van der Waals surface area contributed by atoms with Crippen LogP contribution in [0.3, 0.4) is 0 Å². The lowest BCUT2D eigenvalue weighted by atomic mass is 10.2. The van der Waals surface area contributed by atoms with Gasteiger partial charge in [-0.1, -0.05) is 6.08 Å². The second-order valence-electron chi connectivity index (χ2n) is 2.03. The minimum atomic E-state index is -0.187. The molecule has 0 aromatic heterocycles. The van der Waals surface area contributed by atoms with Gasteiger partial charge in [-0.05, 0) is 31.9 Å². The zero-order valence-electron chi connectivity index (χ0n) is 5.92. The maximum Gasteiger partial charge on any atom is 0.208 e. The zero-order valence-corrected chi connectivity index (χ0v) is 6.81. The molecule has 3 heteroatoms. The average molecular weight is 159 g/mol. The van der Waals surface area contributed by atoms with E-state index in [1.807, 2.05) is 6.08 Å². The van der Waals surface area contributed by atoms with Gasteiger partial charge in [-0.3, -0.25) is 4.79 Å². The molecule has 0 atom stereocenters. The Labute approximate surface area is 66.9 Å². The van der Waals surface area contributed by atoms with E-state index in [9.17, 15) is 4.79 Å². The molecule has 0 radical (unpaired) electrons. The highest BCUT2D eigenvalue weighted by Gasteiger charge is 1.83. The topological polar surface area (TPSA) is 43.1 Å². The van der Waals surface area contributed by atoms with Gasteiger partial charge in [0, 0.05) is 0 Å². The number of carbonyl (C=O) groups is 1. The van der Waals surface area contributed by atoms with Crippen LogP contribution >= 0.6 is 12.6 Å². The molecular weight excluding hydrogens is 146 g/mol. The van der Waals surface area contributed by atoms with Crippen LogP contribution in [0.5, 0.6) is 0 Å². The number of nitrogens with two attached hydrogens (primary N) is 1. The first kappa shape index (κ1) is 9.72. The highest BCUT2D eigenvalue weighted by atomic mass is 32.1. The van der Waals surface area contributed by atoms with Crippen molar-refractivity contribution in [2.24, 2.45) is 5.73 Å². The van der Waals surface area contributed by atoms with Crippen molar-refractivity contribution in [3.63, 3.8) is 0 Å². The average Bonchev–Trinajstić information content (AvgIpc) is 1.87. The second-order valence-corrected chi connectivity index (χ2v) is 2.47. The third-order valence-corrected chi connectivity index (χ3v) is 1.23. The van der Waals surface area contributed by atoms with Gasteiger partial charge in [0.25, 0.3) is 0 Å². The first-order chi connectivity index (χ1) is 4.77. The van der Waals surface area contributed by atoms with E-state index in [1.54, 1.807) is 0 Å². The standard InChI is InChI=1S/C7H13NOS/c8-6-4-2-1-3-5-7(9)10/h3,5H,1-2,4,6,8H2,(H,9,10)/b5-3+. The maximum atomic E-state index is 10.2. The van der Waals surface area contributed by atoms with Gasteiger partial charge in [0.05, 0.1) is 0 Å². The molecule has 0 bridgehead atoms. The molecule has 0 saturated heterocycles. The van der Waals surface area contributed by atoms with Gasteiger partial charge in [0.15, 0.2) is 0 Å². The molecule has 0 amide bonds. The first-order valence-electron chi connectivity index (χ1n) is 3.37. The number of carbonyl (C=O) groups excluding carboxylic acids is 1. The van der Waals surface area contributed by atoms with Gasteiger partial charge < -0.3 is 5.73 Å². The van der Waals surface area contributed by atoms with Gasteiger partial charge in [-0.2, -0.15) is 0 Å². The number of rotatable bonds is 5. The maximum absolute atomic E-state index is 10.2. The van der Waals surface area contributed by atoms with E-state index in [2.05, 4.69) is 12.6 Å². The molecule has 0 aliphatic heterocycles. The van der Waals surface area contributed by atoms with Crippen molar-refractivity contribution in [2.45, 2.75) is 19.3 Å². The summed E-state index contributed by atoms with van der Waals surface area (Å²) in [5, 5.41) is -0.187. The Balaban J connectivity index is 3.10. The zero-order chi connectivity index (χ0) is 7.82. The number of hydrogen-bond acceptors (Lipinski definition) is 2. The highest BCUT2D eigenvalue weighted by molar-refractivity contribution is 7.97. The van der Waals surface area contributed by atoms with E-state index in [1.165, 1.54) is 6.08 Å². The SMILES string of the molecule is NCCCC/C=C/C(=O)S. The fourth-order valence-corrected chi connectivity index (χ4v) is 0.696. The van der Waals surface area contributed by atoms with Gasteiger partial charge >= 0.3 is 0 Å². The van der Waals surface area contributed by atoms with Crippen molar-refractivity contribution in [3.8, 4) is 0 Å². The van der Waals surface area contributed by atoms with Crippen molar-refractivity contribution in [3.05, 3.63) is 12.2 Å². The summed E-state index contributed by atoms with van der Waals surface area (Å²) < 4.78 is 0. The minimum Gasteiger partial charge on any atom is -0.330 e. The van der Waals surface area contributed by atoms with E-state index in [0.717, 1.165) is 25.8 Å². The number of hydrogen-bond donors (Lipinski definition) is 2. The number of allylic oxidation sites excluding steroid dienone is 1. The smallest absolute Gasteiger partial charge is 0.208 e. The highest BCUT2D eigenvalue weighted by Crippen LogP contribution is 1.95. The van der Waals surface area contributed by atoms with Crippen LogP contribution in [0, 0.1) is 0 Å². The summed E-state index contributed by atoms with van der Waals surface area (Å²) in [6.45, 7) is 0.725.